The van der Waals surface area contributed by atoms with Crippen LogP contribution >= 0.6 is 0 Å². The number of rotatable bonds is 12. The summed E-state index contributed by atoms with van der Waals surface area (Å²) < 4.78 is 27.7. The van der Waals surface area contributed by atoms with Crippen LogP contribution in [0.4, 0.5) is 4.79 Å². The van der Waals surface area contributed by atoms with Crippen LogP contribution in [0.2, 0.25) is 0 Å². The third-order valence-electron chi connectivity index (χ3n) is 9.68. The molecule has 5 rings (SSSR count). The van der Waals surface area contributed by atoms with Gasteiger partial charge in [0.2, 0.25) is 17.5 Å². The van der Waals surface area contributed by atoms with E-state index in [1.165, 1.54) is 32.2 Å². The normalized spacial score (nSPS) is 23.9. The topological polar surface area (TPSA) is 291 Å². The van der Waals surface area contributed by atoms with Crippen molar-refractivity contribution in [2.24, 2.45) is 0 Å². The van der Waals surface area contributed by atoms with Gasteiger partial charge in [-0.1, -0.05) is 12.1 Å². The summed E-state index contributed by atoms with van der Waals surface area (Å²) in [5.41, 5.74) is -5.56. The number of carboxylic acids is 1. The Hall–Kier alpha value is -5.63. The van der Waals surface area contributed by atoms with Gasteiger partial charge < -0.3 is 59.9 Å². The smallest absolute Gasteiger partial charge is 0.407 e. The van der Waals surface area contributed by atoms with Crippen molar-refractivity contribution in [1.82, 2.24) is 10.6 Å². The average molecular weight is 801 g/mol. The molecule has 3 aliphatic rings. The van der Waals surface area contributed by atoms with Crippen LogP contribution in [-0.2, 0) is 44.5 Å². The minimum Gasteiger partial charge on any atom is -0.507 e. The Morgan fingerprint density at radius 1 is 1.00 bits per heavy atom. The first kappa shape index (κ1) is 42.5. The maximum atomic E-state index is 14.0. The third kappa shape index (κ3) is 9.01. The first-order chi connectivity index (χ1) is 26.6. The fourth-order valence-electron chi connectivity index (χ4n) is 6.98. The Bertz CT molecular complexity index is 2000. The number of benzene rings is 2. The van der Waals surface area contributed by atoms with E-state index in [1.54, 1.807) is 20.8 Å². The molecular weight excluding hydrogens is 756 g/mol. The molecule has 1 fully saturated rings. The summed E-state index contributed by atoms with van der Waals surface area (Å²) in [5.74, 6) is -7.62. The van der Waals surface area contributed by atoms with Gasteiger partial charge >= 0.3 is 18.0 Å². The number of hydrogen-bond donors (Lipinski definition) is 7. The molecule has 0 aromatic heterocycles. The molecule has 308 valence electrons. The van der Waals surface area contributed by atoms with Crippen molar-refractivity contribution in [1.29, 1.82) is 0 Å². The number of ether oxygens (including phenoxy) is 5. The molecule has 7 N–H and O–H groups in total. The van der Waals surface area contributed by atoms with Gasteiger partial charge in [0.25, 0.3) is 0 Å². The molecule has 2 aromatic rings. The highest BCUT2D eigenvalue weighted by molar-refractivity contribution is 6.31. The molecule has 0 spiro atoms. The molecule has 6 atom stereocenters. The Morgan fingerprint density at radius 2 is 1.68 bits per heavy atom. The van der Waals surface area contributed by atoms with Crippen LogP contribution in [0.25, 0.3) is 0 Å². The van der Waals surface area contributed by atoms with Crippen LogP contribution in [-0.4, -0.2) is 123 Å². The number of fused-ring (bicyclic) bond motifs is 3. The molecule has 0 radical (unpaired) electrons. The average Bonchev–Trinajstić information content (AvgIpc) is 3.13. The Balaban J connectivity index is 1.49. The molecule has 1 aliphatic heterocycles. The number of alkyl carbamates (subject to hydrolysis) is 1. The summed E-state index contributed by atoms with van der Waals surface area (Å²) in [6, 6.07) is 3.18. The fraction of sp³-hybridized carbons (Fsp3) is 0.500. The monoisotopic (exact) mass is 800 g/mol. The van der Waals surface area contributed by atoms with E-state index in [1.807, 2.05) is 0 Å². The number of phenolic OH excluding ortho intramolecular Hbond substituents is 2. The number of carbonyl (C=O) groups excluding carboxylic acids is 6. The highest BCUT2D eigenvalue weighted by Gasteiger charge is 2.51. The number of aliphatic hydroxyl groups excluding tert-OH is 1. The number of ketones is 3. The maximum Gasteiger partial charge on any atom is 0.407 e. The molecule has 4 unspecified atom stereocenters. The van der Waals surface area contributed by atoms with Gasteiger partial charge in [0.1, 0.15) is 41.1 Å². The van der Waals surface area contributed by atoms with E-state index < -0.39 is 145 Å². The maximum absolute atomic E-state index is 14.0. The van der Waals surface area contributed by atoms with Crippen molar-refractivity contribution in [3.05, 3.63) is 51.6 Å². The highest BCUT2D eigenvalue weighted by atomic mass is 16.7. The van der Waals surface area contributed by atoms with Crippen LogP contribution in [0.3, 0.4) is 0 Å². The lowest BCUT2D eigenvalue weighted by atomic mass is 9.72. The van der Waals surface area contributed by atoms with Gasteiger partial charge in [-0.15, -0.1) is 0 Å². The predicted molar refractivity (Wildman–Crippen MR) is 191 cm³/mol. The summed E-state index contributed by atoms with van der Waals surface area (Å²) in [7, 11) is 1.28. The molecule has 2 amide bonds. The SMILES string of the molecule is COc1cccc2c1C(=O)c1c(O)c3c(c(O)c1C2=O)C[C@@](O)(C(=O)COC(=O)CNC(=O)CCC(=O)O)C[C@@H]3OC1CC(NC(=O)OC(C)(C)C)C(O)C(C)O1. The number of carboxylic acid groups (broad SMARTS) is 1. The number of esters is 1. The second-order valence-electron chi connectivity index (χ2n) is 14.9. The first-order valence-electron chi connectivity index (χ1n) is 17.9. The number of aliphatic hydroxyl groups is 2. The number of carbonyl (C=O) groups is 7. The van der Waals surface area contributed by atoms with Crippen molar-refractivity contribution in [3.8, 4) is 17.2 Å². The van der Waals surface area contributed by atoms with Gasteiger partial charge in [-0.2, -0.15) is 0 Å². The summed E-state index contributed by atoms with van der Waals surface area (Å²) in [6.45, 7) is 4.61. The summed E-state index contributed by atoms with van der Waals surface area (Å²) in [5, 5.41) is 59.8. The van der Waals surface area contributed by atoms with Crippen molar-refractivity contribution in [3.63, 3.8) is 0 Å². The fourth-order valence-corrected chi connectivity index (χ4v) is 6.98. The molecule has 0 bridgehead atoms. The van der Waals surface area contributed by atoms with E-state index in [0.717, 1.165) is 0 Å². The minimum absolute atomic E-state index is 0.0157. The van der Waals surface area contributed by atoms with Crippen molar-refractivity contribution >= 4 is 41.3 Å². The zero-order chi connectivity index (χ0) is 42.1. The van der Waals surface area contributed by atoms with Crippen LogP contribution < -0.4 is 15.4 Å². The van der Waals surface area contributed by atoms with E-state index in [-0.39, 0.29) is 34.4 Å². The van der Waals surface area contributed by atoms with E-state index in [4.69, 9.17) is 28.8 Å². The van der Waals surface area contributed by atoms with Crippen molar-refractivity contribution < 1.29 is 82.8 Å². The van der Waals surface area contributed by atoms with E-state index >= 15 is 0 Å². The predicted octanol–water partition coefficient (Wildman–Crippen LogP) is 1.10. The molecule has 1 saturated heterocycles. The number of amides is 2. The lowest BCUT2D eigenvalue weighted by Gasteiger charge is -2.43. The van der Waals surface area contributed by atoms with Gasteiger partial charge in [-0.3, -0.25) is 28.8 Å². The number of hydrogen-bond acceptors (Lipinski definition) is 16. The van der Waals surface area contributed by atoms with E-state index in [9.17, 15) is 54.0 Å². The number of nitrogens with one attached hydrogen (secondary N) is 2. The number of aromatic hydroxyl groups is 2. The molecule has 1 heterocycles. The number of aliphatic carboxylic acids is 1. The van der Waals surface area contributed by atoms with Crippen molar-refractivity contribution in [2.45, 2.75) is 102 Å². The largest absolute Gasteiger partial charge is 0.507 e. The molecule has 2 aromatic carbocycles. The number of Topliss-reactive ketones (excluding diaryl/α,β-unsaturated/α-hetero) is 1. The molecule has 2 aliphatic carbocycles. The van der Waals surface area contributed by atoms with Gasteiger partial charge in [0.05, 0.1) is 48.5 Å². The van der Waals surface area contributed by atoms with Gasteiger partial charge in [-0.05, 0) is 33.8 Å². The number of phenols is 2. The van der Waals surface area contributed by atoms with Gasteiger partial charge in [0, 0.05) is 42.4 Å². The van der Waals surface area contributed by atoms with Gasteiger partial charge in [0.15, 0.2) is 18.7 Å². The van der Waals surface area contributed by atoms with E-state index in [2.05, 4.69) is 10.6 Å². The standard InChI is InChI=1S/C38H44N2O17/c1-16-31(46)19(40-36(51)57-37(2,3)4)11-26(55-16)56-21-13-38(52,22(41)15-54-25(45)14-39-23(42)9-10-24(43)44)12-18-28(21)35(50)30-29(33(18)48)32(47)17-7-6-8-20(53-5)27(17)34(30)49/h6-8,16,19,21,26,31,46,48,50,52H,9-15H2,1-5H3,(H,39,42)(H,40,51)(H,43,44)/t16?,19?,21-,26?,31?,38-/m0/s1. The third-order valence-corrected chi connectivity index (χ3v) is 9.68. The minimum atomic E-state index is -2.53. The van der Waals surface area contributed by atoms with Crippen LogP contribution in [0, 0.1) is 0 Å². The first-order valence-corrected chi connectivity index (χ1v) is 17.9. The second kappa shape index (κ2) is 16.5. The summed E-state index contributed by atoms with van der Waals surface area (Å²) >= 11 is 0. The Morgan fingerprint density at radius 3 is 2.33 bits per heavy atom. The quantitative estimate of drug-likeness (QED) is 0.0997. The lowest BCUT2D eigenvalue weighted by Crippen LogP contribution is -2.56. The molecule has 19 heteroatoms. The lowest BCUT2D eigenvalue weighted by molar-refractivity contribution is -0.249. The van der Waals surface area contributed by atoms with Crippen LogP contribution in [0.5, 0.6) is 17.2 Å². The summed E-state index contributed by atoms with van der Waals surface area (Å²) in [6.07, 6.45) is -8.64. The molecule has 57 heavy (non-hydrogen) atoms. The molecule has 19 nitrogen and oxygen atoms in total. The molecular formula is C38H44N2O17. The Labute approximate surface area is 325 Å². The van der Waals surface area contributed by atoms with Crippen LogP contribution in [0.15, 0.2) is 18.2 Å². The summed E-state index contributed by atoms with van der Waals surface area (Å²) in [4.78, 5) is 89.1. The Kier molecular flexibility index (Phi) is 12.3. The van der Waals surface area contributed by atoms with Crippen molar-refractivity contribution in [2.75, 3.05) is 20.3 Å². The zero-order valence-electron chi connectivity index (χ0n) is 31.7. The molecule has 0 saturated carbocycles. The number of methoxy groups -OCH3 is 1. The van der Waals surface area contributed by atoms with E-state index in [0.29, 0.717) is 0 Å². The van der Waals surface area contributed by atoms with Gasteiger partial charge in [-0.25, -0.2) is 4.79 Å². The highest BCUT2D eigenvalue weighted by Crippen LogP contribution is 2.52. The second-order valence-corrected chi connectivity index (χ2v) is 14.9. The zero-order valence-corrected chi connectivity index (χ0v) is 31.7. The van der Waals surface area contributed by atoms with Crippen LogP contribution in [0.1, 0.15) is 102 Å².